The summed E-state index contributed by atoms with van der Waals surface area (Å²) in [5.74, 6) is 0.552. The van der Waals surface area contributed by atoms with Crippen molar-refractivity contribution in [3.8, 4) is 17.2 Å². The molecule has 82 valence electrons. The minimum absolute atomic E-state index is 0.116. The topological polar surface area (TPSA) is 55.8 Å². The van der Waals surface area contributed by atoms with Crippen LogP contribution in [-0.2, 0) is 0 Å². The molecule has 1 rings (SSSR count). The van der Waals surface area contributed by atoms with Gasteiger partial charge in [-0.15, -0.1) is 0 Å². The zero-order valence-electron chi connectivity index (χ0n) is 6.98. The van der Waals surface area contributed by atoms with E-state index in [-0.39, 0.29) is 17.1 Å². The Kier molecular flexibility index (Phi) is 6.23. The predicted octanol–water partition coefficient (Wildman–Crippen LogP) is 3.96. The number of phenols is 1. The number of benzene rings is 1. The van der Waals surface area contributed by atoms with Crippen LogP contribution in [0, 0.1) is 0 Å². The normalized spacial score (nSPS) is 9.73. The van der Waals surface area contributed by atoms with E-state index in [1.54, 1.807) is 6.07 Å². The highest BCUT2D eigenvalue weighted by molar-refractivity contribution is 14.2. The van der Waals surface area contributed by atoms with Crippen molar-refractivity contribution in [2.45, 2.75) is 0 Å². The van der Waals surface area contributed by atoms with Gasteiger partial charge >= 0.3 is 0 Å². The fourth-order valence-corrected chi connectivity index (χ4v) is 2.47. The number of halogens is 2. The lowest BCUT2D eigenvalue weighted by Gasteiger charge is -2.07. The smallest absolute Gasteiger partial charge is 0.157 e. The molecule has 0 aliphatic rings. The van der Waals surface area contributed by atoms with Gasteiger partial charge in [-0.1, -0.05) is 0 Å². The molecule has 0 spiro atoms. The van der Waals surface area contributed by atoms with E-state index in [1.807, 2.05) is 42.4 Å². The first-order chi connectivity index (χ1) is 7.22. The maximum atomic E-state index is 10.7. The molecule has 0 atom stereocenters. The molecule has 0 saturated heterocycles. The van der Waals surface area contributed by atoms with Crippen molar-refractivity contribution in [3.63, 3.8) is 0 Å². The second-order valence-electron chi connectivity index (χ2n) is 2.26. The first-order valence-corrected chi connectivity index (χ1v) is 10.0. The van der Waals surface area contributed by atoms with Crippen LogP contribution in [0.15, 0.2) is 12.1 Å². The molecule has 0 amide bonds. The first-order valence-electron chi connectivity index (χ1n) is 3.45. The molecule has 8 heteroatoms. The van der Waals surface area contributed by atoms with Crippen LogP contribution in [-0.4, -0.2) is 11.4 Å². The maximum absolute atomic E-state index is 10.7. The van der Waals surface area contributed by atoms with Crippen molar-refractivity contribution in [2.24, 2.45) is 0 Å². The van der Waals surface area contributed by atoms with E-state index < -0.39 is 0 Å². The molecule has 0 aromatic heterocycles. The highest BCUT2D eigenvalue weighted by Crippen LogP contribution is 2.36. The van der Waals surface area contributed by atoms with Crippen LogP contribution in [0.1, 0.15) is 10.4 Å². The van der Waals surface area contributed by atoms with Gasteiger partial charge in [-0.3, -0.25) is 4.79 Å². The zero-order valence-corrected chi connectivity index (χ0v) is 12.9. The first kappa shape index (κ1) is 13.5. The monoisotopic (exact) mass is 470 g/mol. The number of aromatic hydroxyl groups is 1. The molecule has 4 nitrogen and oxygen atoms in total. The van der Waals surface area contributed by atoms with Gasteiger partial charge in [0.05, 0.1) is 5.56 Å². The Morgan fingerprint density at radius 3 is 2.47 bits per heavy atom. The second-order valence-corrected chi connectivity index (χ2v) is 5.01. The Labute approximate surface area is 119 Å². The number of carbonyl (C=O) groups excluding carboxylic acids is 1. The van der Waals surface area contributed by atoms with Crippen LogP contribution in [0.4, 0.5) is 0 Å². The molecule has 0 fully saturated rings. The molecule has 0 radical (unpaired) electrons. The molecule has 1 aromatic rings. The Morgan fingerprint density at radius 2 is 1.93 bits per heavy atom. The lowest BCUT2D eigenvalue weighted by atomic mass is 10.2. The molecule has 0 aliphatic heterocycles. The quantitative estimate of drug-likeness (QED) is 0.400. The number of phenolic OH excluding ortho intramolecular Hbond substituents is 1. The van der Waals surface area contributed by atoms with Crippen molar-refractivity contribution >= 4 is 67.1 Å². The Bertz CT molecular complexity index is 361. The largest absolute Gasteiger partial charge is 0.507 e. The molecular formula is C7H4I2O4S2. The van der Waals surface area contributed by atoms with E-state index >= 15 is 0 Å². The highest BCUT2D eigenvalue weighted by atomic mass is 127. The van der Waals surface area contributed by atoms with Crippen molar-refractivity contribution in [3.05, 3.63) is 17.7 Å². The number of hydrogen-bond acceptors (Lipinski definition) is 6. The van der Waals surface area contributed by atoms with Gasteiger partial charge in [0.25, 0.3) is 0 Å². The molecular weight excluding hydrogens is 466 g/mol. The van der Waals surface area contributed by atoms with E-state index in [4.69, 9.17) is 8.37 Å². The van der Waals surface area contributed by atoms with E-state index in [1.165, 1.54) is 6.07 Å². The lowest BCUT2D eigenvalue weighted by Crippen LogP contribution is -1.89. The van der Waals surface area contributed by atoms with Gasteiger partial charge in [-0.2, -0.15) is 0 Å². The van der Waals surface area contributed by atoms with Crippen LogP contribution in [0.5, 0.6) is 17.2 Å². The van der Waals surface area contributed by atoms with E-state index in [2.05, 4.69) is 0 Å². The van der Waals surface area contributed by atoms with E-state index in [0.717, 1.165) is 18.4 Å². The summed E-state index contributed by atoms with van der Waals surface area (Å²) < 4.78 is 10.2. The Balaban J connectivity index is 3.12. The minimum Gasteiger partial charge on any atom is -0.507 e. The summed E-state index contributed by atoms with van der Waals surface area (Å²) in [6.07, 6.45) is 0.540. The van der Waals surface area contributed by atoms with Gasteiger partial charge in [0.15, 0.2) is 12.0 Å². The van der Waals surface area contributed by atoms with Crippen LogP contribution < -0.4 is 8.37 Å². The van der Waals surface area contributed by atoms with Gasteiger partial charge in [0.2, 0.25) is 0 Å². The van der Waals surface area contributed by atoms with Crippen LogP contribution in [0.2, 0.25) is 0 Å². The van der Waals surface area contributed by atoms with Gasteiger partial charge in [-0.25, -0.2) is 0 Å². The molecule has 0 heterocycles. The summed E-state index contributed by atoms with van der Waals surface area (Å²) in [7, 11) is 2.17. The third-order valence-electron chi connectivity index (χ3n) is 1.46. The molecule has 0 saturated carbocycles. The van der Waals surface area contributed by atoms with Crippen LogP contribution >= 0.6 is 60.8 Å². The van der Waals surface area contributed by atoms with E-state index in [0.29, 0.717) is 12.0 Å². The van der Waals surface area contributed by atoms with Gasteiger partial charge < -0.3 is 13.5 Å². The number of carbonyl (C=O) groups is 1. The fraction of sp³-hybridized carbons (Fsp3) is 0. The van der Waals surface area contributed by atoms with Crippen LogP contribution in [0.25, 0.3) is 0 Å². The van der Waals surface area contributed by atoms with Crippen molar-refractivity contribution in [2.75, 3.05) is 0 Å². The molecule has 0 aliphatic carbocycles. The third kappa shape index (κ3) is 3.75. The molecule has 0 unspecified atom stereocenters. The van der Waals surface area contributed by atoms with E-state index in [9.17, 15) is 9.90 Å². The summed E-state index contributed by atoms with van der Waals surface area (Å²) in [5, 5.41) is 9.51. The van der Waals surface area contributed by atoms with Gasteiger partial charge in [0, 0.05) is 54.5 Å². The summed E-state index contributed by atoms with van der Waals surface area (Å²) in [4.78, 5) is 10.7. The number of hydrogen-bond donors (Lipinski definition) is 1. The summed E-state index contributed by atoms with van der Waals surface area (Å²) in [5.41, 5.74) is 0.116. The lowest BCUT2D eigenvalue weighted by molar-refractivity contribution is 0.111. The SMILES string of the molecule is O=Cc1c(O)cc(OSI)cc1OSI. The van der Waals surface area contributed by atoms with Crippen molar-refractivity contribution in [1.29, 1.82) is 0 Å². The second kappa shape index (κ2) is 6.91. The third-order valence-corrected chi connectivity index (χ3v) is 3.04. The minimum atomic E-state index is -0.159. The molecule has 0 bridgehead atoms. The number of aldehydes is 1. The van der Waals surface area contributed by atoms with Gasteiger partial charge in [0.1, 0.15) is 29.9 Å². The fourth-order valence-electron chi connectivity index (χ4n) is 0.893. The molecule has 1 N–H and O–H groups in total. The average molecular weight is 470 g/mol. The molecule has 1 aromatic carbocycles. The standard InChI is InChI=1S/C7H4I2O4S2/c8-14-12-4-1-6(11)5(3-10)7(2-4)13-15-9/h1-3,11H. The predicted molar refractivity (Wildman–Crippen MR) is 78.0 cm³/mol. The zero-order chi connectivity index (χ0) is 11.3. The number of rotatable bonds is 5. The summed E-state index contributed by atoms with van der Waals surface area (Å²) in [6.45, 7) is 0. The summed E-state index contributed by atoms with van der Waals surface area (Å²) >= 11 is 3.87. The highest BCUT2D eigenvalue weighted by Gasteiger charge is 2.12. The average Bonchev–Trinajstić information content (AvgIpc) is 2.18. The Hall–Kier alpha value is 0.450. The summed E-state index contributed by atoms with van der Waals surface area (Å²) in [6, 6.07) is 2.90. The Morgan fingerprint density at radius 1 is 1.27 bits per heavy atom. The van der Waals surface area contributed by atoms with Gasteiger partial charge in [-0.05, 0) is 0 Å². The van der Waals surface area contributed by atoms with Crippen LogP contribution in [0.3, 0.4) is 0 Å². The molecule has 15 heavy (non-hydrogen) atoms. The van der Waals surface area contributed by atoms with Crippen molar-refractivity contribution in [1.82, 2.24) is 0 Å². The van der Waals surface area contributed by atoms with Crippen molar-refractivity contribution < 1.29 is 18.3 Å². The maximum Gasteiger partial charge on any atom is 0.157 e.